The van der Waals surface area contributed by atoms with Gasteiger partial charge >= 0.3 is 5.69 Å². The monoisotopic (exact) mass is 292 g/mol. The summed E-state index contributed by atoms with van der Waals surface area (Å²) < 4.78 is 1.50. The van der Waals surface area contributed by atoms with Crippen molar-refractivity contribution in [3.8, 4) is 0 Å². The fraction of sp³-hybridized carbons (Fsp3) is 0.429. The Morgan fingerprint density at radius 2 is 2.25 bits per heavy atom. The van der Waals surface area contributed by atoms with Gasteiger partial charge in [-0.05, 0) is 54.8 Å². The Morgan fingerprint density at radius 1 is 1.50 bits per heavy atom. The van der Waals surface area contributed by atoms with Gasteiger partial charge in [0.2, 0.25) is 0 Å². The fourth-order valence-corrected chi connectivity index (χ4v) is 2.81. The quantitative estimate of drug-likeness (QED) is 0.881. The molecule has 6 heteroatoms. The van der Waals surface area contributed by atoms with Crippen molar-refractivity contribution in [3.63, 3.8) is 0 Å². The van der Waals surface area contributed by atoms with E-state index in [1.807, 2.05) is 0 Å². The molecule has 1 aromatic carbocycles. The molecule has 1 aromatic heterocycles. The summed E-state index contributed by atoms with van der Waals surface area (Å²) >= 11 is 1.47. The normalized spacial score (nSPS) is 12.6. The van der Waals surface area contributed by atoms with Crippen molar-refractivity contribution in [1.29, 1.82) is 0 Å². The molecule has 0 fully saturated rings. The smallest absolute Gasteiger partial charge is 0.327 e. The predicted octanol–water partition coefficient (Wildman–Crippen LogP) is 1.85. The average Bonchev–Trinajstić information content (AvgIpc) is 2.73. The molecular formula is C14H20N4OS. The second-order valence-electron chi connectivity index (χ2n) is 4.93. The Balaban J connectivity index is 2.17. The lowest BCUT2D eigenvalue weighted by molar-refractivity contribution is 0.644. The summed E-state index contributed by atoms with van der Waals surface area (Å²) in [6, 6.07) is 6.48. The highest BCUT2D eigenvalue weighted by Gasteiger charge is 2.09. The molecular weight excluding hydrogens is 272 g/mol. The molecule has 0 saturated carbocycles. The Bertz CT molecular complexity index is 647. The molecule has 1 heterocycles. The molecule has 1 unspecified atom stereocenters. The van der Waals surface area contributed by atoms with Crippen molar-refractivity contribution >= 4 is 11.8 Å². The van der Waals surface area contributed by atoms with E-state index in [-0.39, 0.29) is 11.7 Å². The molecule has 1 atom stereocenters. The first-order chi connectivity index (χ1) is 9.51. The Kier molecular flexibility index (Phi) is 4.67. The molecule has 3 N–H and O–H groups in total. The molecule has 0 aliphatic carbocycles. The maximum Gasteiger partial charge on any atom is 0.343 e. The number of aromatic nitrogens is 3. The van der Waals surface area contributed by atoms with Gasteiger partial charge in [-0.25, -0.2) is 9.89 Å². The van der Waals surface area contributed by atoms with Gasteiger partial charge in [-0.2, -0.15) is 0 Å². The molecule has 2 rings (SSSR count). The number of nitrogens with zero attached hydrogens (tertiary/aromatic N) is 2. The molecule has 0 amide bonds. The third-order valence-electron chi connectivity index (χ3n) is 3.37. The van der Waals surface area contributed by atoms with Gasteiger partial charge in [0, 0.05) is 18.0 Å². The topological polar surface area (TPSA) is 76.7 Å². The van der Waals surface area contributed by atoms with Crippen molar-refractivity contribution in [2.45, 2.75) is 42.8 Å². The lowest BCUT2D eigenvalue weighted by Crippen LogP contribution is -2.21. The standard InChI is InChI=1S/C14H20N4OS/c1-4-11(15)8-10-5-6-12(7-9(10)2)20-14-17-16-13(19)18(14)3/h5-7,11H,4,8,15H2,1-3H3,(H,16,19). The van der Waals surface area contributed by atoms with Gasteiger partial charge < -0.3 is 5.73 Å². The third kappa shape index (κ3) is 3.32. The molecule has 0 radical (unpaired) electrons. The summed E-state index contributed by atoms with van der Waals surface area (Å²) in [5.41, 5.74) is 8.30. The van der Waals surface area contributed by atoms with Crippen molar-refractivity contribution in [3.05, 3.63) is 39.8 Å². The van der Waals surface area contributed by atoms with Gasteiger partial charge in [0.1, 0.15) is 0 Å². The van der Waals surface area contributed by atoms with Crippen LogP contribution in [0.15, 0.2) is 33.0 Å². The number of hydrogen-bond donors (Lipinski definition) is 2. The molecule has 20 heavy (non-hydrogen) atoms. The lowest BCUT2D eigenvalue weighted by Gasteiger charge is -2.12. The van der Waals surface area contributed by atoms with Crippen LogP contribution in [0.2, 0.25) is 0 Å². The van der Waals surface area contributed by atoms with Crippen molar-refractivity contribution < 1.29 is 0 Å². The first kappa shape index (κ1) is 14.9. The van der Waals surface area contributed by atoms with Crippen molar-refractivity contribution in [2.24, 2.45) is 12.8 Å². The van der Waals surface area contributed by atoms with E-state index in [1.165, 1.54) is 27.5 Å². The van der Waals surface area contributed by atoms with Crippen LogP contribution in [-0.4, -0.2) is 20.8 Å². The molecule has 0 bridgehead atoms. The summed E-state index contributed by atoms with van der Waals surface area (Å²) in [4.78, 5) is 12.4. The molecule has 0 aliphatic rings. The molecule has 5 nitrogen and oxygen atoms in total. The van der Waals surface area contributed by atoms with Crippen LogP contribution in [0.25, 0.3) is 0 Å². The van der Waals surface area contributed by atoms with Gasteiger partial charge in [-0.1, -0.05) is 13.0 Å². The second-order valence-corrected chi connectivity index (χ2v) is 5.97. The van der Waals surface area contributed by atoms with E-state index in [9.17, 15) is 4.79 Å². The van der Waals surface area contributed by atoms with Crippen LogP contribution in [0, 0.1) is 6.92 Å². The van der Waals surface area contributed by atoms with E-state index >= 15 is 0 Å². The summed E-state index contributed by atoms with van der Waals surface area (Å²) in [5.74, 6) is 0. The van der Waals surface area contributed by atoms with E-state index in [0.717, 1.165) is 17.7 Å². The largest absolute Gasteiger partial charge is 0.343 e. The Labute approximate surface area is 122 Å². The Morgan fingerprint density at radius 3 is 2.80 bits per heavy atom. The number of benzene rings is 1. The van der Waals surface area contributed by atoms with Crippen LogP contribution < -0.4 is 11.4 Å². The molecule has 108 valence electrons. The molecule has 0 saturated heterocycles. The maximum absolute atomic E-state index is 11.3. The maximum atomic E-state index is 11.3. The van der Waals surface area contributed by atoms with Crippen LogP contribution >= 0.6 is 11.8 Å². The number of aryl methyl sites for hydroxylation is 1. The zero-order valence-electron chi connectivity index (χ0n) is 12.0. The zero-order valence-corrected chi connectivity index (χ0v) is 12.8. The van der Waals surface area contributed by atoms with Crippen LogP contribution in [-0.2, 0) is 13.5 Å². The molecule has 0 aliphatic heterocycles. The zero-order chi connectivity index (χ0) is 14.7. The lowest BCUT2D eigenvalue weighted by atomic mass is 10.0. The Hall–Kier alpha value is -1.53. The number of H-pyrrole nitrogens is 1. The van der Waals surface area contributed by atoms with Gasteiger partial charge in [0.05, 0.1) is 0 Å². The minimum atomic E-state index is -0.199. The third-order valence-corrected chi connectivity index (χ3v) is 4.41. The number of aromatic amines is 1. The highest BCUT2D eigenvalue weighted by molar-refractivity contribution is 7.99. The molecule has 2 aromatic rings. The number of nitrogens with one attached hydrogen (secondary N) is 1. The van der Waals surface area contributed by atoms with Crippen molar-refractivity contribution in [1.82, 2.24) is 14.8 Å². The fourth-order valence-electron chi connectivity index (χ4n) is 1.92. The average molecular weight is 292 g/mol. The van der Waals surface area contributed by atoms with Crippen LogP contribution in [0.4, 0.5) is 0 Å². The number of hydrogen-bond acceptors (Lipinski definition) is 4. The van der Waals surface area contributed by atoms with Gasteiger partial charge in [0.15, 0.2) is 5.16 Å². The summed E-state index contributed by atoms with van der Waals surface area (Å²) in [7, 11) is 1.70. The van der Waals surface area contributed by atoms with E-state index in [4.69, 9.17) is 5.73 Å². The van der Waals surface area contributed by atoms with Gasteiger partial charge in [0.25, 0.3) is 0 Å². The summed E-state index contributed by atoms with van der Waals surface area (Å²) in [6.45, 7) is 4.19. The number of rotatable bonds is 5. The van der Waals surface area contributed by atoms with E-state index < -0.39 is 0 Å². The molecule has 0 spiro atoms. The SMILES string of the molecule is CCC(N)Cc1ccc(Sc2n[nH]c(=O)n2C)cc1C. The van der Waals surface area contributed by atoms with Crippen molar-refractivity contribution in [2.75, 3.05) is 0 Å². The first-order valence-electron chi connectivity index (χ1n) is 6.65. The number of nitrogens with two attached hydrogens (primary N) is 1. The highest BCUT2D eigenvalue weighted by atomic mass is 32.2. The first-order valence-corrected chi connectivity index (χ1v) is 7.47. The van der Waals surface area contributed by atoms with Crippen LogP contribution in [0.5, 0.6) is 0 Å². The van der Waals surface area contributed by atoms with Gasteiger partial charge in [-0.3, -0.25) is 4.57 Å². The van der Waals surface area contributed by atoms with E-state index in [1.54, 1.807) is 7.05 Å². The summed E-state index contributed by atoms with van der Waals surface area (Å²) in [6.07, 6.45) is 1.87. The predicted molar refractivity (Wildman–Crippen MR) is 81.1 cm³/mol. The van der Waals surface area contributed by atoms with Crippen LogP contribution in [0.3, 0.4) is 0 Å². The highest BCUT2D eigenvalue weighted by Crippen LogP contribution is 2.26. The van der Waals surface area contributed by atoms with Crippen LogP contribution in [0.1, 0.15) is 24.5 Å². The van der Waals surface area contributed by atoms with Gasteiger partial charge in [-0.15, -0.1) is 5.10 Å². The summed E-state index contributed by atoms with van der Waals surface area (Å²) in [5, 5.41) is 7.09. The van der Waals surface area contributed by atoms with E-state index in [2.05, 4.69) is 42.2 Å². The van der Waals surface area contributed by atoms with E-state index in [0.29, 0.717) is 5.16 Å². The minimum absolute atomic E-state index is 0.199. The minimum Gasteiger partial charge on any atom is -0.327 e. The second kappa shape index (κ2) is 6.28.